The van der Waals surface area contributed by atoms with Crippen LogP contribution in [0.5, 0.6) is 0 Å². The first-order chi connectivity index (χ1) is 4.79. The van der Waals surface area contributed by atoms with Crippen LogP contribution in [-0.4, -0.2) is 11.2 Å². The Morgan fingerprint density at radius 3 is 3.00 bits per heavy atom. The molecule has 1 aromatic rings. The van der Waals surface area contributed by atoms with Crippen molar-refractivity contribution < 1.29 is 5.11 Å². The van der Waals surface area contributed by atoms with Gasteiger partial charge < -0.3 is 5.11 Å². The van der Waals surface area contributed by atoms with E-state index < -0.39 is 6.10 Å². The van der Waals surface area contributed by atoms with Crippen LogP contribution in [0.2, 0.25) is 0 Å². The van der Waals surface area contributed by atoms with Gasteiger partial charge in [0.2, 0.25) is 0 Å². The SMILES string of the molecule is CC(O)C#Cc1ccsc1. The van der Waals surface area contributed by atoms with E-state index in [4.69, 9.17) is 5.11 Å². The van der Waals surface area contributed by atoms with E-state index in [9.17, 15) is 0 Å². The van der Waals surface area contributed by atoms with Gasteiger partial charge in [0.15, 0.2) is 0 Å². The first kappa shape index (κ1) is 7.33. The third-order valence-corrected chi connectivity index (χ3v) is 1.63. The Bertz CT molecular complexity index is 238. The van der Waals surface area contributed by atoms with Gasteiger partial charge >= 0.3 is 0 Å². The highest BCUT2D eigenvalue weighted by Gasteiger charge is 1.85. The molecule has 0 aliphatic heterocycles. The van der Waals surface area contributed by atoms with Crippen molar-refractivity contribution in [1.29, 1.82) is 0 Å². The lowest BCUT2D eigenvalue weighted by Gasteiger charge is -1.85. The van der Waals surface area contributed by atoms with Crippen molar-refractivity contribution in [1.82, 2.24) is 0 Å². The Morgan fingerprint density at radius 1 is 1.70 bits per heavy atom. The molecule has 0 amide bonds. The molecule has 1 atom stereocenters. The largest absolute Gasteiger partial charge is 0.381 e. The summed E-state index contributed by atoms with van der Waals surface area (Å²) in [6.45, 7) is 1.65. The van der Waals surface area contributed by atoms with E-state index >= 15 is 0 Å². The van der Waals surface area contributed by atoms with Crippen molar-refractivity contribution in [2.75, 3.05) is 0 Å². The van der Waals surface area contributed by atoms with E-state index in [-0.39, 0.29) is 0 Å². The molecule has 1 rings (SSSR count). The minimum absolute atomic E-state index is 0.528. The van der Waals surface area contributed by atoms with E-state index in [0.717, 1.165) is 5.56 Å². The molecule has 0 aliphatic carbocycles. The van der Waals surface area contributed by atoms with Crippen molar-refractivity contribution in [2.24, 2.45) is 0 Å². The molecule has 1 N–H and O–H groups in total. The zero-order chi connectivity index (χ0) is 7.40. The molecule has 1 unspecified atom stereocenters. The van der Waals surface area contributed by atoms with Gasteiger partial charge in [-0.05, 0) is 18.4 Å². The number of hydrogen-bond acceptors (Lipinski definition) is 2. The molecule has 52 valence electrons. The molecule has 0 radical (unpaired) electrons. The van der Waals surface area contributed by atoms with Crippen LogP contribution in [0.1, 0.15) is 12.5 Å². The second-order valence-electron chi connectivity index (χ2n) is 1.96. The third-order valence-electron chi connectivity index (χ3n) is 0.947. The third kappa shape index (κ3) is 2.22. The van der Waals surface area contributed by atoms with E-state index in [1.54, 1.807) is 18.3 Å². The molecule has 0 aliphatic rings. The molecule has 0 aromatic carbocycles. The smallest absolute Gasteiger partial charge is 0.112 e. The number of thiophene rings is 1. The highest BCUT2D eigenvalue weighted by atomic mass is 32.1. The van der Waals surface area contributed by atoms with Crippen LogP contribution in [0.4, 0.5) is 0 Å². The van der Waals surface area contributed by atoms with Gasteiger partial charge in [0.1, 0.15) is 6.10 Å². The molecule has 2 heteroatoms. The van der Waals surface area contributed by atoms with E-state index in [1.807, 2.05) is 16.8 Å². The molecule has 0 bridgehead atoms. The lowest BCUT2D eigenvalue weighted by Crippen LogP contribution is -1.92. The van der Waals surface area contributed by atoms with E-state index in [2.05, 4.69) is 11.8 Å². The number of hydrogen-bond donors (Lipinski definition) is 1. The molecular formula is C8H8OS. The lowest BCUT2D eigenvalue weighted by molar-refractivity contribution is 0.253. The van der Waals surface area contributed by atoms with Crippen LogP contribution in [0.25, 0.3) is 0 Å². The van der Waals surface area contributed by atoms with Gasteiger partial charge in [-0.1, -0.05) is 11.8 Å². The summed E-state index contributed by atoms with van der Waals surface area (Å²) in [6, 6.07) is 1.93. The highest BCUT2D eigenvalue weighted by molar-refractivity contribution is 7.08. The molecule has 1 nitrogen and oxygen atoms in total. The second-order valence-corrected chi connectivity index (χ2v) is 2.74. The minimum Gasteiger partial charge on any atom is -0.381 e. The van der Waals surface area contributed by atoms with Crippen LogP contribution >= 0.6 is 11.3 Å². The maximum atomic E-state index is 8.78. The summed E-state index contributed by atoms with van der Waals surface area (Å²) in [7, 11) is 0. The average molecular weight is 152 g/mol. The van der Waals surface area contributed by atoms with Crippen LogP contribution < -0.4 is 0 Å². The van der Waals surface area contributed by atoms with E-state index in [1.165, 1.54) is 0 Å². The number of rotatable bonds is 0. The molecular weight excluding hydrogens is 144 g/mol. The van der Waals surface area contributed by atoms with Crippen molar-refractivity contribution in [2.45, 2.75) is 13.0 Å². The minimum atomic E-state index is -0.528. The molecule has 10 heavy (non-hydrogen) atoms. The maximum absolute atomic E-state index is 8.78. The van der Waals surface area contributed by atoms with Crippen LogP contribution in [0.3, 0.4) is 0 Å². The Kier molecular flexibility index (Phi) is 2.49. The zero-order valence-electron chi connectivity index (χ0n) is 5.66. The number of aliphatic hydroxyl groups excluding tert-OH is 1. The summed E-state index contributed by atoms with van der Waals surface area (Å²) in [6.07, 6.45) is -0.528. The van der Waals surface area contributed by atoms with Gasteiger partial charge in [0.05, 0.1) is 0 Å². The molecule has 0 spiro atoms. The van der Waals surface area contributed by atoms with Crippen molar-refractivity contribution in [3.05, 3.63) is 22.4 Å². The second kappa shape index (κ2) is 3.40. The predicted molar refractivity (Wildman–Crippen MR) is 42.9 cm³/mol. The summed E-state index contributed by atoms with van der Waals surface area (Å²) < 4.78 is 0. The zero-order valence-corrected chi connectivity index (χ0v) is 6.48. The maximum Gasteiger partial charge on any atom is 0.112 e. The Morgan fingerprint density at radius 2 is 2.50 bits per heavy atom. The molecule has 1 heterocycles. The highest BCUT2D eigenvalue weighted by Crippen LogP contribution is 2.03. The summed E-state index contributed by atoms with van der Waals surface area (Å²) in [5.74, 6) is 5.49. The van der Waals surface area contributed by atoms with Crippen LogP contribution in [-0.2, 0) is 0 Å². The topological polar surface area (TPSA) is 20.2 Å². The fourth-order valence-corrected chi connectivity index (χ4v) is 1.11. The fourth-order valence-electron chi connectivity index (χ4n) is 0.523. The Hall–Kier alpha value is -0.780. The quantitative estimate of drug-likeness (QED) is 0.558. The normalized spacial score (nSPS) is 11.8. The summed E-state index contributed by atoms with van der Waals surface area (Å²) in [5, 5.41) is 12.7. The summed E-state index contributed by atoms with van der Waals surface area (Å²) in [5.41, 5.74) is 0.978. The van der Waals surface area contributed by atoms with Gasteiger partial charge in [-0.15, -0.1) is 0 Å². The Balaban J connectivity index is 2.66. The van der Waals surface area contributed by atoms with E-state index in [0.29, 0.717) is 0 Å². The van der Waals surface area contributed by atoms with Crippen molar-refractivity contribution in [3.63, 3.8) is 0 Å². The summed E-state index contributed by atoms with van der Waals surface area (Å²) in [4.78, 5) is 0. The van der Waals surface area contributed by atoms with Gasteiger partial charge in [-0.25, -0.2) is 0 Å². The van der Waals surface area contributed by atoms with Crippen molar-refractivity contribution >= 4 is 11.3 Å². The Labute approximate surface area is 64.3 Å². The lowest BCUT2D eigenvalue weighted by atomic mass is 10.3. The monoisotopic (exact) mass is 152 g/mol. The number of aliphatic hydroxyl groups is 1. The standard InChI is InChI=1S/C8H8OS/c1-7(9)2-3-8-4-5-10-6-8/h4-7,9H,1H3. The molecule has 0 saturated heterocycles. The van der Waals surface area contributed by atoms with Crippen LogP contribution in [0.15, 0.2) is 16.8 Å². The predicted octanol–water partition coefficient (Wildman–Crippen LogP) is 1.48. The fraction of sp³-hybridized carbons (Fsp3) is 0.250. The molecule has 0 fully saturated rings. The van der Waals surface area contributed by atoms with Crippen LogP contribution in [0, 0.1) is 11.8 Å². The first-order valence-electron chi connectivity index (χ1n) is 3.01. The van der Waals surface area contributed by atoms with Crippen molar-refractivity contribution in [3.8, 4) is 11.8 Å². The van der Waals surface area contributed by atoms with Gasteiger partial charge in [-0.3, -0.25) is 0 Å². The van der Waals surface area contributed by atoms with Gasteiger partial charge in [-0.2, -0.15) is 11.3 Å². The average Bonchev–Trinajstić information content (AvgIpc) is 2.34. The molecule has 1 aromatic heterocycles. The van der Waals surface area contributed by atoms with Gasteiger partial charge in [0, 0.05) is 10.9 Å². The van der Waals surface area contributed by atoms with Gasteiger partial charge in [0.25, 0.3) is 0 Å². The molecule has 0 saturated carbocycles. The first-order valence-corrected chi connectivity index (χ1v) is 3.95. The summed E-state index contributed by atoms with van der Waals surface area (Å²) >= 11 is 1.61.